The van der Waals surface area contributed by atoms with E-state index in [9.17, 15) is 4.79 Å². The van der Waals surface area contributed by atoms with Crippen molar-refractivity contribution < 1.29 is 0 Å². The molecule has 2 saturated heterocycles. The first kappa shape index (κ1) is 12.9. The van der Waals surface area contributed by atoms with E-state index < -0.39 is 0 Å². The van der Waals surface area contributed by atoms with Crippen LogP contribution in [0.3, 0.4) is 0 Å². The summed E-state index contributed by atoms with van der Waals surface area (Å²) < 4.78 is 0. The molecule has 4 rings (SSSR count). The van der Waals surface area contributed by atoms with E-state index in [2.05, 4.69) is 21.3 Å². The SMILES string of the molecule is O=c1[nH]c(NC2CCN3CCCC3C2)cc2ccccc12. The van der Waals surface area contributed by atoms with E-state index >= 15 is 0 Å². The molecule has 21 heavy (non-hydrogen) atoms. The molecule has 0 bridgehead atoms. The quantitative estimate of drug-likeness (QED) is 0.890. The molecule has 2 N–H and O–H groups in total. The molecule has 0 spiro atoms. The van der Waals surface area contributed by atoms with Gasteiger partial charge in [0.1, 0.15) is 5.82 Å². The lowest BCUT2D eigenvalue weighted by atomic mass is 9.97. The Balaban J connectivity index is 1.56. The third-order valence-corrected chi connectivity index (χ3v) is 4.93. The van der Waals surface area contributed by atoms with Gasteiger partial charge >= 0.3 is 0 Å². The number of hydrogen-bond donors (Lipinski definition) is 2. The molecule has 0 saturated carbocycles. The molecule has 3 heterocycles. The molecular formula is C17H21N3O. The predicted molar refractivity (Wildman–Crippen MR) is 85.8 cm³/mol. The molecule has 0 radical (unpaired) electrons. The number of hydrogen-bond acceptors (Lipinski definition) is 3. The van der Waals surface area contributed by atoms with Crippen molar-refractivity contribution in [1.29, 1.82) is 0 Å². The zero-order chi connectivity index (χ0) is 14.2. The maximum Gasteiger partial charge on any atom is 0.257 e. The molecular weight excluding hydrogens is 262 g/mol. The first-order valence-corrected chi connectivity index (χ1v) is 7.92. The van der Waals surface area contributed by atoms with Crippen molar-refractivity contribution >= 4 is 16.6 Å². The Bertz CT molecular complexity index is 708. The molecule has 1 aromatic carbocycles. The van der Waals surface area contributed by atoms with Crippen molar-refractivity contribution in [2.45, 2.75) is 37.8 Å². The number of H-pyrrole nitrogens is 1. The average molecular weight is 283 g/mol. The number of rotatable bonds is 2. The minimum atomic E-state index is -0.00565. The van der Waals surface area contributed by atoms with Crippen LogP contribution in [0, 0.1) is 0 Å². The van der Waals surface area contributed by atoms with Crippen molar-refractivity contribution in [3.63, 3.8) is 0 Å². The summed E-state index contributed by atoms with van der Waals surface area (Å²) in [4.78, 5) is 17.7. The van der Waals surface area contributed by atoms with E-state index in [1.807, 2.05) is 24.3 Å². The van der Waals surface area contributed by atoms with E-state index in [4.69, 9.17) is 0 Å². The average Bonchev–Trinajstić information content (AvgIpc) is 2.95. The number of benzene rings is 1. The molecule has 2 aliphatic rings. The summed E-state index contributed by atoms with van der Waals surface area (Å²) in [6, 6.07) is 11.0. The number of nitrogens with one attached hydrogen (secondary N) is 2. The van der Waals surface area contributed by atoms with Crippen LogP contribution >= 0.6 is 0 Å². The lowest BCUT2D eigenvalue weighted by Gasteiger charge is -2.35. The van der Waals surface area contributed by atoms with Crippen LogP contribution in [0.4, 0.5) is 5.82 Å². The molecule has 2 atom stereocenters. The topological polar surface area (TPSA) is 48.1 Å². The normalized spacial score (nSPS) is 25.9. The maximum atomic E-state index is 12.1. The van der Waals surface area contributed by atoms with Gasteiger partial charge in [-0.1, -0.05) is 18.2 Å². The first-order chi connectivity index (χ1) is 10.3. The van der Waals surface area contributed by atoms with E-state index in [-0.39, 0.29) is 5.56 Å². The van der Waals surface area contributed by atoms with Crippen LogP contribution in [0.1, 0.15) is 25.7 Å². The van der Waals surface area contributed by atoms with Crippen LogP contribution in [0.25, 0.3) is 10.8 Å². The van der Waals surface area contributed by atoms with Crippen LogP contribution in [0.15, 0.2) is 35.1 Å². The fourth-order valence-electron chi connectivity index (χ4n) is 3.86. The minimum absolute atomic E-state index is 0.00565. The summed E-state index contributed by atoms with van der Waals surface area (Å²) >= 11 is 0. The van der Waals surface area contributed by atoms with Crippen LogP contribution in [-0.2, 0) is 0 Å². The maximum absolute atomic E-state index is 12.1. The largest absolute Gasteiger partial charge is 0.369 e. The summed E-state index contributed by atoms with van der Waals surface area (Å²) in [5, 5.41) is 5.30. The summed E-state index contributed by atoms with van der Waals surface area (Å²) in [5.74, 6) is 0.857. The van der Waals surface area contributed by atoms with Gasteiger partial charge in [0, 0.05) is 24.0 Å². The molecule has 4 nitrogen and oxygen atoms in total. The summed E-state index contributed by atoms with van der Waals surface area (Å²) in [6.45, 7) is 2.45. The monoisotopic (exact) mass is 283 g/mol. The Morgan fingerprint density at radius 2 is 2.10 bits per heavy atom. The van der Waals surface area contributed by atoms with Crippen LogP contribution < -0.4 is 10.9 Å². The smallest absolute Gasteiger partial charge is 0.257 e. The fraction of sp³-hybridized carbons (Fsp3) is 0.471. The second-order valence-corrected chi connectivity index (χ2v) is 6.30. The van der Waals surface area contributed by atoms with Crippen molar-refractivity contribution in [2.75, 3.05) is 18.4 Å². The van der Waals surface area contributed by atoms with E-state index in [0.29, 0.717) is 6.04 Å². The van der Waals surface area contributed by atoms with E-state index in [1.165, 1.54) is 32.4 Å². The van der Waals surface area contributed by atoms with Gasteiger partial charge in [0.2, 0.25) is 0 Å². The van der Waals surface area contributed by atoms with Crippen molar-refractivity contribution in [3.8, 4) is 0 Å². The highest BCUT2D eigenvalue weighted by atomic mass is 16.1. The summed E-state index contributed by atoms with van der Waals surface area (Å²) in [5.41, 5.74) is -0.00565. The summed E-state index contributed by atoms with van der Waals surface area (Å²) in [6.07, 6.45) is 5.01. The van der Waals surface area contributed by atoms with Gasteiger partial charge in [-0.15, -0.1) is 0 Å². The second kappa shape index (κ2) is 5.19. The fourth-order valence-corrected chi connectivity index (χ4v) is 3.86. The highest BCUT2D eigenvalue weighted by Gasteiger charge is 2.31. The number of pyridine rings is 1. The van der Waals surface area contributed by atoms with Crippen molar-refractivity contribution in [2.24, 2.45) is 0 Å². The molecule has 2 aromatic rings. The lowest BCUT2D eigenvalue weighted by Crippen LogP contribution is -2.43. The van der Waals surface area contributed by atoms with Crippen LogP contribution in [-0.4, -0.2) is 35.1 Å². The van der Waals surface area contributed by atoms with Gasteiger partial charge in [0.15, 0.2) is 0 Å². The molecule has 110 valence electrons. The van der Waals surface area contributed by atoms with Crippen LogP contribution in [0.2, 0.25) is 0 Å². The Labute approximate surface area is 124 Å². The van der Waals surface area contributed by atoms with Crippen molar-refractivity contribution in [1.82, 2.24) is 9.88 Å². The lowest BCUT2D eigenvalue weighted by molar-refractivity contribution is 0.188. The van der Waals surface area contributed by atoms with Gasteiger partial charge in [0.25, 0.3) is 5.56 Å². The number of aromatic nitrogens is 1. The Kier molecular flexibility index (Phi) is 3.19. The Morgan fingerprint density at radius 1 is 1.19 bits per heavy atom. The van der Waals surface area contributed by atoms with Crippen LogP contribution in [0.5, 0.6) is 0 Å². The number of aromatic amines is 1. The highest BCUT2D eigenvalue weighted by Crippen LogP contribution is 2.28. The molecule has 1 aromatic heterocycles. The third kappa shape index (κ3) is 2.44. The van der Waals surface area contributed by atoms with E-state index in [1.54, 1.807) is 0 Å². The molecule has 2 unspecified atom stereocenters. The Morgan fingerprint density at radius 3 is 3.05 bits per heavy atom. The number of piperidine rings is 1. The number of anilines is 1. The molecule has 4 heteroatoms. The zero-order valence-corrected chi connectivity index (χ0v) is 12.1. The van der Waals surface area contributed by atoms with E-state index in [0.717, 1.165) is 29.1 Å². The molecule has 2 fully saturated rings. The number of nitrogens with zero attached hydrogens (tertiary/aromatic N) is 1. The van der Waals surface area contributed by atoms with Gasteiger partial charge in [-0.3, -0.25) is 4.79 Å². The first-order valence-electron chi connectivity index (χ1n) is 7.92. The standard InChI is InChI=1S/C17H21N3O/c21-17-15-6-2-1-4-12(15)10-16(19-17)18-13-7-9-20-8-3-5-14(20)11-13/h1-2,4,6,10,13-14H,3,5,7-9,11H2,(H2,18,19,21). The summed E-state index contributed by atoms with van der Waals surface area (Å²) in [7, 11) is 0. The molecule has 2 aliphatic heterocycles. The van der Waals surface area contributed by atoms with Gasteiger partial charge in [-0.25, -0.2) is 0 Å². The second-order valence-electron chi connectivity index (χ2n) is 6.30. The highest BCUT2D eigenvalue weighted by molar-refractivity contribution is 5.83. The van der Waals surface area contributed by atoms with Gasteiger partial charge in [0.05, 0.1) is 0 Å². The van der Waals surface area contributed by atoms with Crippen molar-refractivity contribution in [3.05, 3.63) is 40.7 Å². The number of fused-ring (bicyclic) bond motifs is 2. The van der Waals surface area contributed by atoms with Gasteiger partial charge in [-0.2, -0.15) is 0 Å². The van der Waals surface area contributed by atoms with Gasteiger partial charge in [-0.05, 0) is 49.7 Å². The Hall–Kier alpha value is -1.81. The zero-order valence-electron chi connectivity index (χ0n) is 12.1. The predicted octanol–water partition coefficient (Wildman–Crippen LogP) is 2.57. The minimum Gasteiger partial charge on any atom is -0.369 e. The molecule has 0 aliphatic carbocycles. The third-order valence-electron chi connectivity index (χ3n) is 4.93. The van der Waals surface area contributed by atoms with Gasteiger partial charge < -0.3 is 15.2 Å². The molecule has 0 amide bonds.